The first-order chi connectivity index (χ1) is 5.69. The number of aliphatic hydroxyl groups is 2. The summed E-state index contributed by atoms with van der Waals surface area (Å²) in [7, 11) is 0. The minimum atomic E-state index is -1.24. The van der Waals surface area contributed by atoms with E-state index in [1.54, 1.807) is 0 Å². The quantitative estimate of drug-likeness (QED) is 0.294. The minimum Gasteiger partial charge on any atom is -0.389 e. The molecule has 0 bridgehead atoms. The lowest BCUT2D eigenvalue weighted by Gasteiger charge is -2.35. The molecule has 0 amide bonds. The number of nitrogens with one attached hydrogen (secondary N) is 1. The summed E-state index contributed by atoms with van der Waals surface area (Å²) < 4.78 is 0. The molecule has 6 heteroatoms. The van der Waals surface area contributed by atoms with Gasteiger partial charge in [0.05, 0.1) is 18.2 Å². The number of piperidine rings is 1. The highest BCUT2D eigenvalue weighted by Gasteiger charge is 2.36. The van der Waals surface area contributed by atoms with Gasteiger partial charge in [-0.2, -0.15) is 0 Å². The number of rotatable bonds is 2. The maximum atomic E-state index is 9.72. The van der Waals surface area contributed by atoms with E-state index in [9.17, 15) is 10.2 Å². The number of nitrogens with zero attached hydrogens (tertiary/aromatic N) is 3. The molecule has 1 aliphatic rings. The average Bonchev–Trinajstić information content (AvgIpc) is 2.07. The number of β-amino-alcohol motifs (C(OH)–C–C–N with tert-alkyl or cyclic N) is 1. The molecular weight excluding hydrogens is 160 g/mol. The standard InChI is InChI=1S/C6H12N4O2/c7-10-9-4-6(12)1-2-8-3-5(6)11/h5,8,11-12H,1-4H2. The smallest absolute Gasteiger partial charge is 0.0986 e. The fourth-order valence-corrected chi connectivity index (χ4v) is 1.24. The number of hydrogen-bond acceptors (Lipinski definition) is 4. The molecule has 0 aromatic rings. The molecule has 1 saturated heterocycles. The van der Waals surface area contributed by atoms with Crippen molar-refractivity contribution in [1.29, 1.82) is 0 Å². The molecule has 12 heavy (non-hydrogen) atoms. The van der Waals surface area contributed by atoms with E-state index in [1.807, 2.05) is 0 Å². The fourth-order valence-electron chi connectivity index (χ4n) is 1.24. The Hall–Kier alpha value is -0.810. The molecular formula is C6H12N4O2. The van der Waals surface area contributed by atoms with Gasteiger partial charge >= 0.3 is 0 Å². The van der Waals surface area contributed by atoms with Gasteiger partial charge in [0.1, 0.15) is 0 Å². The number of azide groups is 1. The molecule has 1 fully saturated rings. The van der Waals surface area contributed by atoms with Gasteiger partial charge in [-0.05, 0) is 18.5 Å². The van der Waals surface area contributed by atoms with Crippen molar-refractivity contribution in [2.24, 2.45) is 5.11 Å². The molecule has 2 unspecified atom stereocenters. The molecule has 6 nitrogen and oxygen atoms in total. The molecule has 0 radical (unpaired) electrons. The van der Waals surface area contributed by atoms with Gasteiger partial charge in [-0.3, -0.25) is 0 Å². The van der Waals surface area contributed by atoms with Crippen molar-refractivity contribution in [3.8, 4) is 0 Å². The van der Waals surface area contributed by atoms with Crippen molar-refractivity contribution in [2.75, 3.05) is 19.6 Å². The summed E-state index contributed by atoms with van der Waals surface area (Å²) in [6.45, 7) is 0.915. The second kappa shape index (κ2) is 3.73. The molecule has 0 spiro atoms. The molecule has 0 aliphatic carbocycles. The van der Waals surface area contributed by atoms with Crippen LogP contribution in [0.2, 0.25) is 0 Å². The van der Waals surface area contributed by atoms with Crippen molar-refractivity contribution < 1.29 is 10.2 Å². The molecule has 1 rings (SSSR count). The zero-order valence-corrected chi connectivity index (χ0v) is 6.64. The Morgan fingerprint density at radius 2 is 2.50 bits per heavy atom. The molecule has 1 aliphatic heterocycles. The normalized spacial score (nSPS) is 35.7. The maximum Gasteiger partial charge on any atom is 0.0986 e. The van der Waals surface area contributed by atoms with Gasteiger partial charge in [0.2, 0.25) is 0 Å². The Bertz CT molecular complexity index is 204. The van der Waals surface area contributed by atoms with Crippen molar-refractivity contribution in [2.45, 2.75) is 18.1 Å². The summed E-state index contributed by atoms with van der Waals surface area (Å²) >= 11 is 0. The van der Waals surface area contributed by atoms with Crippen LogP contribution in [0.5, 0.6) is 0 Å². The first kappa shape index (κ1) is 9.28. The third kappa shape index (κ3) is 1.86. The molecule has 0 aromatic heterocycles. The lowest BCUT2D eigenvalue weighted by molar-refractivity contribution is -0.0846. The monoisotopic (exact) mass is 172 g/mol. The first-order valence-electron chi connectivity index (χ1n) is 3.81. The maximum absolute atomic E-state index is 9.72. The third-order valence-corrected chi connectivity index (χ3v) is 2.10. The summed E-state index contributed by atoms with van der Waals surface area (Å²) in [6.07, 6.45) is -0.440. The SMILES string of the molecule is [N-]=[N+]=NCC1(O)CCNCC1O. The minimum absolute atomic E-state index is 0.0631. The second-order valence-electron chi connectivity index (χ2n) is 2.96. The van der Waals surface area contributed by atoms with E-state index in [0.717, 1.165) is 0 Å². The van der Waals surface area contributed by atoms with Crippen molar-refractivity contribution in [3.63, 3.8) is 0 Å². The molecule has 0 saturated carbocycles. The Kier molecular flexibility index (Phi) is 2.88. The molecule has 0 aromatic carbocycles. The van der Waals surface area contributed by atoms with Crippen LogP contribution in [0.1, 0.15) is 6.42 Å². The van der Waals surface area contributed by atoms with Gasteiger partial charge in [0.15, 0.2) is 0 Å². The Balaban J connectivity index is 2.58. The summed E-state index contributed by atoms with van der Waals surface area (Å²) in [6, 6.07) is 0. The van der Waals surface area contributed by atoms with Crippen molar-refractivity contribution in [3.05, 3.63) is 10.4 Å². The fraction of sp³-hybridized carbons (Fsp3) is 1.00. The van der Waals surface area contributed by atoms with Gasteiger partial charge in [-0.25, -0.2) is 0 Å². The van der Waals surface area contributed by atoms with Gasteiger partial charge < -0.3 is 15.5 Å². The predicted molar refractivity (Wildman–Crippen MR) is 42.5 cm³/mol. The Morgan fingerprint density at radius 1 is 1.75 bits per heavy atom. The average molecular weight is 172 g/mol. The van der Waals surface area contributed by atoms with Crippen LogP contribution in [0.3, 0.4) is 0 Å². The van der Waals surface area contributed by atoms with E-state index in [4.69, 9.17) is 5.53 Å². The molecule has 3 N–H and O–H groups in total. The third-order valence-electron chi connectivity index (χ3n) is 2.10. The summed E-state index contributed by atoms with van der Waals surface area (Å²) in [4.78, 5) is 2.54. The number of aliphatic hydroxyl groups excluding tert-OH is 1. The second-order valence-corrected chi connectivity index (χ2v) is 2.96. The van der Waals surface area contributed by atoms with Crippen LogP contribution in [0.15, 0.2) is 5.11 Å². The van der Waals surface area contributed by atoms with Crippen LogP contribution in [0, 0.1) is 0 Å². The van der Waals surface area contributed by atoms with E-state index >= 15 is 0 Å². The van der Waals surface area contributed by atoms with E-state index in [0.29, 0.717) is 19.5 Å². The van der Waals surface area contributed by atoms with E-state index < -0.39 is 11.7 Å². The Labute approximate surface area is 69.8 Å². The predicted octanol–water partition coefficient (Wildman–Crippen LogP) is -0.618. The van der Waals surface area contributed by atoms with Crippen LogP contribution >= 0.6 is 0 Å². The highest BCUT2D eigenvalue weighted by Crippen LogP contribution is 2.18. The van der Waals surface area contributed by atoms with E-state index in [-0.39, 0.29) is 6.54 Å². The van der Waals surface area contributed by atoms with E-state index in [1.165, 1.54) is 0 Å². The van der Waals surface area contributed by atoms with Gasteiger partial charge in [0.25, 0.3) is 0 Å². The van der Waals surface area contributed by atoms with Crippen LogP contribution < -0.4 is 5.32 Å². The lowest BCUT2D eigenvalue weighted by Crippen LogP contribution is -2.55. The summed E-state index contributed by atoms with van der Waals surface area (Å²) in [5, 5.41) is 25.3. The highest BCUT2D eigenvalue weighted by atomic mass is 16.3. The summed E-state index contributed by atoms with van der Waals surface area (Å²) in [5.41, 5.74) is 6.81. The highest BCUT2D eigenvalue weighted by molar-refractivity contribution is 4.93. The van der Waals surface area contributed by atoms with E-state index in [2.05, 4.69) is 15.3 Å². The molecule has 68 valence electrons. The van der Waals surface area contributed by atoms with Crippen LogP contribution in [-0.4, -0.2) is 41.6 Å². The molecule has 2 atom stereocenters. The molecule has 1 heterocycles. The van der Waals surface area contributed by atoms with Crippen LogP contribution in [0.4, 0.5) is 0 Å². The van der Waals surface area contributed by atoms with Gasteiger partial charge in [-0.1, -0.05) is 5.11 Å². The van der Waals surface area contributed by atoms with Gasteiger partial charge in [-0.15, -0.1) is 0 Å². The zero-order chi connectivity index (χ0) is 9.03. The van der Waals surface area contributed by atoms with Crippen molar-refractivity contribution >= 4 is 0 Å². The Morgan fingerprint density at radius 3 is 3.08 bits per heavy atom. The topological polar surface area (TPSA) is 101 Å². The lowest BCUT2D eigenvalue weighted by atomic mass is 9.90. The van der Waals surface area contributed by atoms with Crippen LogP contribution in [0.25, 0.3) is 10.4 Å². The largest absolute Gasteiger partial charge is 0.389 e. The zero-order valence-electron chi connectivity index (χ0n) is 6.64. The van der Waals surface area contributed by atoms with Gasteiger partial charge in [0, 0.05) is 11.5 Å². The first-order valence-corrected chi connectivity index (χ1v) is 3.81. The van der Waals surface area contributed by atoms with Crippen molar-refractivity contribution in [1.82, 2.24) is 5.32 Å². The summed E-state index contributed by atoms with van der Waals surface area (Å²) in [5.74, 6) is 0. The van der Waals surface area contributed by atoms with Crippen LogP contribution in [-0.2, 0) is 0 Å². The number of hydrogen-bond donors (Lipinski definition) is 3.